The van der Waals surface area contributed by atoms with Gasteiger partial charge in [-0.05, 0) is 25.8 Å². The first kappa shape index (κ1) is 16.7. The summed E-state index contributed by atoms with van der Waals surface area (Å²) in [5.74, 6) is -0.503. The van der Waals surface area contributed by atoms with Crippen molar-refractivity contribution in [2.75, 3.05) is 20.2 Å². The van der Waals surface area contributed by atoms with Crippen molar-refractivity contribution in [3.8, 4) is 0 Å². The number of ether oxygens (including phenoxy) is 1. The van der Waals surface area contributed by atoms with Crippen molar-refractivity contribution in [3.05, 3.63) is 39.4 Å². The van der Waals surface area contributed by atoms with Crippen LogP contribution in [0.25, 0.3) is 0 Å². The minimum absolute atomic E-state index is 0.0326. The van der Waals surface area contributed by atoms with E-state index >= 15 is 0 Å². The number of piperidine rings is 1. The van der Waals surface area contributed by atoms with E-state index in [-0.39, 0.29) is 17.3 Å². The highest BCUT2D eigenvalue weighted by Gasteiger charge is 2.28. The summed E-state index contributed by atoms with van der Waals surface area (Å²) in [7, 11) is 1.31. The van der Waals surface area contributed by atoms with Crippen LogP contribution in [0.1, 0.15) is 28.8 Å². The lowest BCUT2D eigenvalue weighted by Crippen LogP contribution is -2.49. The van der Waals surface area contributed by atoms with Crippen molar-refractivity contribution >= 4 is 17.7 Å². The van der Waals surface area contributed by atoms with E-state index in [1.807, 2.05) is 0 Å². The van der Waals surface area contributed by atoms with E-state index in [1.165, 1.54) is 18.1 Å². The lowest BCUT2D eigenvalue weighted by Gasteiger charge is -2.32. The quantitative estimate of drug-likeness (QED) is 0.676. The van der Waals surface area contributed by atoms with E-state index in [9.17, 15) is 19.7 Å². The lowest BCUT2D eigenvalue weighted by atomic mass is 10.0. The SMILES string of the molecule is COC(=O)N1CCC[C@H](NC(=O)c2cccc(C)c2[N+](=O)[O-])C1. The number of nitro benzene ring substituents is 1. The number of amides is 2. The Morgan fingerprint density at radius 2 is 2.17 bits per heavy atom. The molecule has 8 nitrogen and oxygen atoms in total. The number of likely N-dealkylation sites (tertiary alicyclic amines) is 1. The molecule has 124 valence electrons. The van der Waals surface area contributed by atoms with Gasteiger partial charge in [-0.3, -0.25) is 14.9 Å². The Labute approximate surface area is 133 Å². The molecule has 0 saturated carbocycles. The first-order chi connectivity index (χ1) is 10.9. The molecule has 1 fully saturated rings. The molecular weight excluding hydrogens is 302 g/mol. The van der Waals surface area contributed by atoms with E-state index in [2.05, 4.69) is 10.1 Å². The number of aryl methyl sites for hydroxylation is 1. The maximum absolute atomic E-state index is 12.4. The molecule has 23 heavy (non-hydrogen) atoms. The highest BCUT2D eigenvalue weighted by Crippen LogP contribution is 2.23. The second-order valence-electron chi connectivity index (χ2n) is 5.46. The van der Waals surface area contributed by atoms with E-state index in [1.54, 1.807) is 19.1 Å². The van der Waals surface area contributed by atoms with Gasteiger partial charge in [0.2, 0.25) is 0 Å². The van der Waals surface area contributed by atoms with Crippen molar-refractivity contribution < 1.29 is 19.2 Å². The maximum atomic E-state index is 12.4. The second-order valence-corrected chi connectivity index (χ2v) is 5.46. The molecule has 0 aliphatic carbocycles. The average molecular weight is 321 g/mol. The zero-order valence-electron chi connectivity index (χ0n) is 13.1. The fourth-order valence-corrected chi connectivity index (χ4v) is 2.74. The molecule has 1 aliphatic rings. The number of nitrogens with zero attached hydrogens (tertiary/aromatic N) is 2. The summed E-state index contributed by atoms with van der Waals surface area (Å²) >= 11 is 0. The number of carbonyl (C=O) groups is 2. The number of nitrogens with one attached hydrogen (secondary N) is 1. The Bertz CT molecular complexity index is 632. The molecule has 1 saturated heterocycles. The van der Waals surface area contributed by atoms with Gasteiger partial charge in [0.1, 0.15) is 5.56 Å². The van der Waals surface area contributed by atoms with Gasteiger partial charge in [-0.25, -0.2) is 4.79 Å². The van der Waals surface area contributed by atoms with Crippen LogP contribution in [0.3, 0.4) is 0 Å². The highest BCUT2D eigenvalue weighted by atomic mass is 16.6. The van der Waals surface area contributed by atoms with E-state index in [4.69, 9.17) is 0 Å². The molecule has 0 bridgehead atoms. The number of methoxy groups -OCH3 is 1. The average Bonchev–Trinajstić information content (AvgIpc) is 2.53. The summed E-state index contributed by atoms with van der Waals surface area (Å²) in [6.45, 7) is 2.50. The van der Waals surface area contributed by atoms with Crippen LogP contribution in [-0.4, -0.2) is 48.1 Å². The Balaban J connectivity index is 2.12. The Hall–Kier alpha value is -2.64. The second kappa shape index (κ2) is 7.08. The molecule has 0 aromatic heterocycles. The van der Waals surface area contributed by atoms with Gasteiger partial charge in [0.05, 0.1) is 12.0 Å². The van der Waals surface area contributed by atoms with Gasteiger partial charge >= 0.3 is 6.09 Å². The summed E-state index contributed by atoms with van der Waals surface area (Å²) in [6, 6.07) is 4.38. The molecule has 1 N–H and O–H groups in total. The normalized spacial score (nSPS) is 17.5. The fourth-order valence-electron chi connectivity index (χ4n) is 2.74. The first-order valence-corrected chi connectivity index (χ1v) is 7.31. The van der Waals surface area contributed by atoms with Gasteiger partial charge in [-0.15, -0.1) is 0 Å². The summed E-state index contributed by atoms with van der Waals surface area (Å²) in [5, 5.41) is 13.9. The number of nitro groups is 1. The molecule has 1 heterocycles. The smallest absolute Gasteiger partial charge is 0.409 e. The van der Waals surface area contributed by atoms with E-state index < -0.39 is 16.9 Å². The number of hydrogen-bond donors (Lipinski definition) is 1. The fraction of sp³-hybridized carbons (Fsp3) is 0.467. The number of hydrogen-bond acceptors (Lipinski definition) is 5. The standard InChI is InChI=1S/C15H19N3O5/c1-10-5-3-7-12(13(10)18(21)22)14(19)16-11-6-4-8-17(9-11)15(20)23-2/h3,5,7,11H,4,6,8-9H2,1-2H3,(H,16,19)/t11-/m0/s1. The number of para-hydroxylation sites is 1. The molecular formula is C15H19N3O5. The molecule has 1 aromatic carbocycles. The third kappa shape index (κ3) is 3.77. The zero-order chi connectivity index (χ0) is 17.0. The number of benzene rings is 1. The molecule has 2 amide bonds. The van der Waals surface area contributed by atoms with Gasteiger partial charge in [0, 0.05) is 24.7 Å². The van der Waals surface area contributed by atoms with Crippen LogP contribution in [0.4, 0.5) is 10.5 Å². The molecule has 8 heteroatoms. The monoisotopic (exact) mass is 321 g/mol. The largest absolute Gasteiger partial charge is 0.453 e. The summed E-state index contributed by atoms with van der Waals surface area (Å²) in [6.07, 6.45) is 1.000. The molecule has 1 aromatic rings. The van der Waals surface area contributed by atoms with E-state index in [0.717, 1.165) is 6.42 Å². The summed E-state index contributed by atoms with van der Waals surface area (Å²) in [4.78, 5) is 36.1. The predicted molar refractivity (Wildman–Crippen MR) is 82.3 cm³/mol. The van der Waals surface area contributed by atoms with Gasteiger partial charge < -0.3 is 15.0 Å². The molecule has 0 radical (unpaired) electrons. The van der Waals surface area contributed by atoms with Gasteiger partial charge in [0.25, 0.3) is 11.6 Å². The minimum Gasteiger partial charge on any atom is -0.453 e. The molecule has 1 aliphatic heterocycles. The molecule has 2 rings (SSSR count). The van der Waals surface area contributed by atoms with Crippen molar-refractivity contribution in [1.82, 2.24) is 10.2 Å². The highest BCUT2D eigenvalue weighted by molar-refractivity contribution is 5.98. The van der Waals surface area contributed by atoms with Crippen molar-refractivity contribution in [2.45, 2.75) is 25.8 Å². The Morgan fingerprint density at radius 1 is 1.43 bits per heavy atom. The van der Waals surface area contributed by atoms with Crippen LogP contribution in [0.15, 0.2) is 18.2 Å². The van der Waals surface area contributed by atoms with Gasteiger partial charge in [-0.2, -0.15) is 0 Å². The Kier molecular flexibility index (Phi) is 5.15. The molecule has 0 unspecified atom stereocenters. The van der Waals surface area contributed by atoms with Crippen molar-refractivity contribution in [2.24, 2.45) is 0 Å². The lowest BCUT2D eigenvalue weighted by molar-refractivity contribution is -0.385. The number of carbonyl (C=O) groups excluding carboxylic acids is 2. The van der Waals surface area contributed by atoms with Gasteiger partial charge in [0.15, 0.2) is 0 Å². The van der Waals surface area contributed by atoms with Crippen LogP contribution in [0, 0.1) is 17.0 Å². The molecule has 1 atom stereocenters. The summed E-state index contributed by atoms with van der Waals surface area (Å²) < 4.78 is 4.68. The number of rotatable bonds is 3. The van der Waals surface area contributed by atoms with Crippen LogP contribution >= 0.6 is 0 Å². The topological polar surface area (TPSA) is 102 Å². The van der Waals surface area contributed by atoms with Crippen LogP contribution < -0.4 is 5.32 Å². The first-order valence-electron chi connectivity index (χ1n) is 7.31. The van der Waals surface area contributed by atoms with Crippen molar-refractivity contribution in [1.29, 1.82) is 0 Å². The Morgan fingerprint density at radius 3 is 2.83 bits per heavy atom. The van der Waals surface area contributed by atoms with Crippen LogP contribution in [-0.2, 0) is 4.74 Å². The van der Waals surface area contributed by atoms with Crippen molar-refractivity contribution in [3.63, 3.8) is 0 Å². The van der Waals surface area contributed by atoms with Crippen LogP contribution in [0.2, 0.25) is 0 Å². The predicted octanol–water partition coefficient (Wildman–Crippen LogP) is 1.86. The molecule has 0 spiro atoms. The van der Waals surface area contributed by atoms with E-state index in [0.29, 0.717) is 25.1 Å². The third-order valence-electron chi connectivity index (χ3n) is 3.85. The zero-order valence-corrected chi connectivity index (χ0v) is 13.1. The third-order valence-corrected chi connectivity index (χ3v) is 3.85. The van der Waals surface area contributed by atoms with Gasteiger partial charge in [-0.1, -0.05) is 12.1 Å². The van der Waals surface area contributed by atoms with Crippen LogP contribution in [0.5, 0.6) is 0 Å². The summed E-state index contributed by atoms with van der Waals surface area (Å²) in [5.41, 5.74) is 0.276. The minimum atomic E-state index is -0.550. The maximum Gasteiger partial charge on any atom is 0.409 e.